The van der Waals surface area contributed by atoms with Gasteiger partial charge in [-0.25, -0.2) is 0 Å². The molecule has 0 bridgehead atoms. The molecule has 1 saturated heterocycles. The minimum atomic E-state index is 0. The number of likely N-dealkylation sites (tertiary alicyclic amines) is 1. The van der Waals surface area contributed by atoms with Crippen LogP contribution < -0.4 is 5.73 Å². The second-order valence-corrected chi connectivity index (χ2v) is 2.46. The minimum Gasteiger partial charge on any atom is -0.459 e. The van der Waals surface area contributed by atoms with Gasteiger partial charge in [0.05, 0.1) is 0 Å². The third-order valence-corrected chi connectivity index (χ3v) is 1.63. The number of hydrogen-bond acceptors (Lipinski definition) is 2. The number of rotatable bonds is 0. The second kappa shape index (κ2) is 4.78. The van der Waals surface area contributed by atoms with E-state index in [9.17, 15) is 0 Å². The molecule has 0 unspecified atom stereocenters. The van der Waals surface area contributed by atoms with Crippen LogP contribution in [0, 0.1) is 7.05 Å². The van der Waals surface area contributed by atoms with Crippen LogP contribution in [0.2, 0.25) is 0 Å². The van der Waals surface area contributed by atoms with Gasteiger partial charge in [0, 0.05) is 38.8 Å². The Hall–Kier alpha value is 1.02. The van der Waals surface area contributed by atoms with Gasteiger partial charge in [0.15, 0.2) is 0 Å². The molecule has 0 aliphatic carbocycles. The van der Waals surface area contributed by atoms with Crippen LogP contribution in [-0.4, -0.2) is 24.0 Å². The van der Waals surface area contributed by atoms with Gasteiger partial charge in [-0.15, -0.1) is 0 Å². The molecule has 1 fully saturated rings. The molecule has 0 spiro atoms. The van der Waals surface area contributed by atoms with Crippen molar-refractivity contribution >= 4 is 0 Å². The topological polar surface area (TPSA) is 29.3 Å². The number of hydrogen-bond donors (Lipinski definition) is 1. The van der Waals surface area contributed by atoms with Crippen LogP contribution in [-0.2, 0) is 32.7 Å². The Morgan fingerprint density at radius 3 is 2.11 bits per heavy atom. The average Bonchev–Trinajstić information content (AvgIpc) is 1.77. The first-order valence-electron chi connectivity index (χ1n) is 3.10. The Morgan fingerprint density at radius 2 is 1.78 bits per heavy atom. The van der Waals surface area contributed by atoms with Crippen molar-refractivity contribution in [3.63, 3.8) is 0 Å². The number of piperidine rings is 1. The summed E-state index contributed by atoms with van der Waals surface area (Å²) in [5.41, 5.74) is 5.64. The molecule has 0 aromatic rings. The standard InChI is InChI=1S/C6H13N2.Y/c1-8-4-2-6(7)3-5-8;/h6H,1-5,7H2;/q-1;. The van der Waals surface area contributed by atoms with Gasteiger partial charge in [-0.3, -0.25) is 7.05 Å². The molecule has 9 heavy (non-hydrogen) atoms. The molecule has 3 heteroatoms. The van der Waals surface area contributed by atoms with Gasteiger partial charge in [0.25, 0.3) is 0 Å². The van der Waals surface area contributed by atoms with E-state index in [4.69, 9.17) is 5.73 Å². The summed E-state index contributed by atoms with van der Waals surface area (Å²) in [7, 11) is 3.81. The molecule has 1 heterocycles. The van der Waals surface area contributed by atoms with E-state index in [0.29, 0.717) is 6.04 Å². The summed E-state index contributed by atoms with van der Waals surface area (Å²) in [6.07, 6.45) is 2.23. The second-order valence-electron chi connectivity index (χ2n) is 2.46. The molecule has 0 aromatic carbocycles. The summed E-state index contributed by atoms with van der Waals surface area (Å²) >= 11 is 0. The number of nitrogens with two attached hydrogens (primary N) is 1. The zero-order chi connectivity index (χ0) is 5.98. The van der Waals surface area contributed by atoms with E-state index in [2.05, 4.69) is 11.9 Å². The summed E-state index contributed by atoms with van der Waals surface area (Å²) in [6.45, 7) is 2.14. The van der Waals surface area contributed by atoms with Gasteiger partial charge in [-0.2, -0.15) is 0 Å². The summed E-state index contributed by atoms with van der Waals surface area (Å²) in [6, 6.07) is 0.438. The van der Waals surface area contributed by atoms with Crippen molar-refractivity contribution in [1.82, 2.24) is 4.90 Å². The molecule has 1 aliphatic rings. The smallest absolute Gasteiger partial charge is 0.00613 e. The van der Waals surface area contributed by atoms with Crippen LogP contribution in [0.4, 0.5) is 0 Å². The normalized spacial score (nSPS) is 23.3. The molecule has 1 radical (unpaired) electrons. The molecule has 1 aliphatic heterocycles. The molecular formula is C6H13N2Y-. The van der Waals surface area contributed by atoms with Crippen molar-refractivity contribution in [1.29, 1.82) is 0 Å². The SMILES string of the molecule is [CH2-]N1CCC(N)CC1.[Y]. The van der Waals surface area contributed by atoms with Crippen LogP contribution in [0.1, 0.15) is 12.8 Å². The predicted molar refractivity (Wildman–Crippen MR) is 34.1 cm³/mol. The Kier molecular flexibility index (Phi) is 5.32. The largest absolute Gasteiger partial charge is 0.459 e. The first kappa shape index (κ1) is 10.0. The van der Waals surface area contributed by atoms with Gasteiger partial charge in [0.1, 0.15) is 0 Å². The predicted octanol–water partition coefficient (Wildman–Crippen LogP) is 0.199. The summed E-state index contributed by atoms with van der Waals surface area (Å²) < 4.78 is 0. The van der Waals surface area contributed by atoms with Gasteiger partial charge >= 0.3 is 0 Å². The minimum absolute atomic E-state index is 0. The average molecular weight is 202 g/mol. The molecular weight excluding hydrogens is 189 g/mol. The molecule has 2 nitrogen and oxygen atoms in total. The Bertz CT molecular complexity index is 59.5. The zero-order valence-electron chi connectivity index (χ0n) is 5.71. The van der Waals surface area contributed by atoms with Crippen LogP contribution in [0.3, 0.4) is 0 Å². The maximum absolute atomic E-state index is 5.64. The number of nitrogens with zero attached hydrogens (tertiary/aromatic N) is 1. The Morgan fingerprint density at radius 1 is 1.33 bits per heavy atom. The van der Waals surface area contributed by atoms with E-state index in [-0.39, 0.29) is 32.7 Å². The van der Waals surface area contributed by atoms with Crippen molar-refractivity contribution in [3.8, 4) is 0 Å². The van der Waals surface area contributed by atoms with E-state index in [1.54, 1.807) is 0 Å². The fourth-order valence-corrected chi connectivity index (χ4v) is 0.953. The molecule has 0 amide bonds. The van der Waals surface area contributed by atoms with E-state index in [1.807, 2.05) is 0 Å². The van der Waals surface area contributed by atoms with E-state index >= 15 is 0 Å². The quantitative estimate of drug-likeness (QED) is 0.568. The zero-order valence-corrected chi connectivity index (χ0v) is 8.55. The first-order chi connectivity index (χ1) is 3.79. The Labute approximate surface area is 82.0 Å². The monoisotopic (exact) mass is 202 g/mol. The molecule has 2 N–H and O–H groups in total. The van der Waals surface area contributed by atoms with Crippen molar-refractivity contribution in [3.05, 3.63) is 7.05 Å². The Balaban J connectivity index is 0.000000640. The van der Waals surface area contributed by atoms with Gasteiger partial charge in [-0.05, 0) is 25.9 Å². The van der Waals surface area contributed by atoms with E-state index < -0.39 is 0 Å². The van der Waals surface area contributed by atoms with Crippen molar-refractivity contribution in [2.75, 3.05) is 13.1 Å². The molecule has 51 valence electrons. The fourth-order valence-electron chi connectivity index (χ4n) is 0.953. The molecule has 1 rings (SSSR count). The first-order valence-corrected chi connectivity index (χ1v) is 3.10. The summed E-state index contributed by atoms with van der Waals surface area (Å²) in [5, 5.41) is 0. The van der Waals surface area contributed by atoms with E-state index in [0.717, 1.165) is 25.9 Å². The van der Waals surface area contributed by atoms with Crippen LogP contribution in [0.5, 0.6) is 0 Å². The van der Waals surface area contributed by atoms with Crippen LogP contribution in [0.15, 0.2) is 0 Å². The third kappa shape index (κ3) is 3.66. The fraction of sp³-hybridized carbons (Fsp3) is 0.833. The van der Waals surface area contributed by atoms with Crippen molar-refractivity contribution in [2.45, 2.75) is 18.9 Å². The van der Waals surface area contributed by atoms with Crippen LogP contribution >= 0.6 is 0 Å². The van der Waals surface area contributed by atoms with Crippen molar-refractivity contribution in [2.24, 2.45) is 5.73 Å². The maximum Gasteiger partial charge on any atom is 0.00613 e. The molecule has 0 aromatic heterocycles. The third-order valence-electron chi connectivity index (χ3n) is 1.63. The summed E-state index contributed by atoms with van der Waals surface area (Å²) in [5.74, 6) is 0. The molecule has 0 atom stereocenters. The van der Waals surface area contributed by atoms with E-state index in [1.165, 1.54) is 0 Å². The van der Waals surface area contributed by atoms with Gasteiger partial charge < -0.3 is 10.6 Å². The van der Waals surface area contributed by atoms with Gasteiger partial charge in [0.2, 0.25) is 0 Å². The van der Waals surface area contributed by atoms with Gasteiger partial charge in [-0.1, -0.05) is 0 Å². The van der Waals surface area contributed by atoms with Crippen molar-refractivity contribution < 1.29 is 32.7 Å². The van der Waals surface area contributed by atoms with Crippen LogP contribution in [0.25, 0.3) is 0 Å². The molecule has 0 saturated carbocycles. The summed E-state index contributed by atoms with van der Waals surface area (Å²) in [4.78, 5) is 2.07. The maximum atomic E-state index is 5.64.